The van der Waals surface area contributed by atoms with Gasteiger partial charge in [-0.1, -0.05) is 24.8 Å². The molecule has 17 heavy (non-hydrogen) atoms. The van der Waals surface area contributed by atoms with Gasteiger partial charge in [0.05, 0.1) is 0 Å². The standard InChI is InChI=1S/C14H14INS/c1-2-10-3-8-14(13(15)9-10)17-12-6-4-11(16)5-7-12/h3-9H,2,16H2,1H3. The van der Waals surface area contributed by atoms with Crippen LogP contribution in [-0.2, 0) is 6.42 Å². The fourth-order valence-electron chi connectivity index (χ4n) is 1.51. The molecule has 0 aliphatic heterocycles. The van der Waals surface area contributed by atoms with Crippen LogP contribution in [0.25, 0.3) is 0 Å². The van der Waals surface area contributed by atoms with E-state index in [1.165, 1.54) is 18.9 Å². The Kier molecular flexibility index (Phi) is 4.34. The molecule has 0 saturated heterocycles. The molecule has 3 heteroatoms. The van der Waals surface area contributed by atoms with Crippen molar-refractivity contribution >= 4 is 40.0 Å². The Morgan fingerprint density at radius 1 is 1.12 bits per heavy atom. The van der Waals surface area contributed by atoms with E-state index < -0.39 is 0 Å². The van der Waals surface area contributed by atoms with E-state index in [1.807, 2.05) is 12.1 Å². The number of nitrogen functional groups attached to an aromatic ring is 1. The molecule has 0 aliphatic rings. The van der Waals surface area contributed by atoms with Crippen molar-refractivity contribution in [1.82, 2.24) is 0 Å². The third-order valence-electron chi connectivity index (χ3n) is 2.51. The normalized spacial score (nSPS) is 10.5. The minimum Gasteiger partial charge on any atom is -0.399 e. The van der Waals surface area contributed by atoms with Crippen LogP contribution in [0.15, 0.2) is 52.3 Å². The molecule has 2 aromatic rings. The highest BCUT2D eigenvalue weighted by Crippen LogP contribution is 2.32. The van der Waals surface area contributed by atoms with E-state index in [0.717, 1.165) is 12.1 Å². The second-order valence-corrected chi connectivity index (χ2v) is 6.07. The van der Waals surface area contributed by atoms with Crippen LogP contribution in [0.2, 0.25) is 0 Å². The molecular formula is C14H14INS. The zero-order chi connectivity index (χ0) is 12.3. The summed E-state index contributed by atoms with van der Waals surface area (Å²) in [6.07, 6.45) is 1.09. The predicted molar refractivity (Wildman–Crippen MR) is 83.5 cm³/mol. The molecule has 0 aromatic heterocycles. The van der Waals surface area contributed by atoms with Gasteiger partial charge in [0.1, 0.15) is 0 Å². The van der Waals surface area contributed by atoms with Gasteiger partial charge in [-0.05, 0) is 71.0 Å². The van der Waals surface area contributed by atoms with E-state index in [4.69, 9.17) is 5.73 Å². The second-order valence-electron chi connectivity index (χ2n) is 3.79. The van der Waals surface area contributed by atoms with Gasteiger partial charge in [0.2, 0.25) is 0 Å². The lowest BCUT2D eigenvalue weighted by molar-refractivity contribution is 1.12. The van der Waals surface area contributed by atoms with Crippen LogP contribution in [0.1, 0.15) is 12.5 Å². The lowest BCUT2D eigenvalue weighted by Gasteiger charge is -2.06. The van der Waals surface area contributed by atoms with Crippen molar-refractivity contribution < 1.29 is 0 Å². The molecule has 0 unspecified atom stereocenters. The molecule has 0 bridgehead atoms. The van der Waals surface area contributed by atoms with Crippen LogP contribution >= 0.6 is 34.4 Å². The molecule has 1 nitrogen and oxygen atoms in total. The first-order valence-corrected chi connectivity index (χ1v) is 7.40. The molecular weight excluding hydrogens is 341 g/mol. The minimum atomic E-state index is 0.811. The van der Waals surface area contributed by atoms with Gasteiger partial charge in [0.15, 0.2) is 0 Å². The summed E-state index contributed by atoms with van der Waals surface area (Å²) in [7, 11) is 0. The molecule has 0 saturated carbocycles. The van der Waals surface area contributed by atoms with E-state index in [9.17, 15) is 0 Å². The summed E-state index contributed by atoms with van der Waals surface area (Å²) in [5.74, 6) is 0. The molecule has 0 atom stereocenters. The lowest BCUT2D eigenvalue weighted by Crippen LogP contribution is -1.86. The number of nitrogens with two attached hydrogens (primary N) is 1. The smallest absolute Gasteiger partial charge is 0.0314 e. The number of rotatable bonds is 3. The largest absolute Gasteiger partial charge is 0.399 e. The summed E-state index contributed by atoms with van der Waals surface area (Å²) >= 11 is 4.18. The van der Waals surface area contributed by atoms with E-state index >= 15 is 0 Å². The Labute approximate surface area is 120 Å². The van der Waals surface area contributed by atoms with Gasteiger partial charge in [-0.25, -0.2) is 0 Å². The summed E-state index contributed by atoms with van der Waals surface area (Å²) in [6, 6.07) is 14.6. The van der Waals surface area contributed by atoms with Crippen LogP contribution in [0, 0.1) is 3.57 Å². The lowest BCUT2D eigenvalue weighted by atomic mass is 10.2. The quantitative estimate of drug-likeness (QED) is 0.644. The van der Waals surface area contributed by atoms with Crippen molar-refractivity contribution in [1.29, 1.82) is 0 Å². The van der Waals surface area contributed by atoms with Crippen LogP contribution < -0.4 is 5.73 Å². The molecule has 0 heterocycles. The van der Waals surface area contributed by atoms with E-state index in [-0.39, 0.29) is 0 Å². The number of hydrogen-bond donors (Lipinski definition) is 1. The molecule has 0 fully saturated rings. The molecule has 2 N–H and O–H groups in total. The Morgan fingerprint density at radius 2 is 1.82 bits per heavy atom. The van der Waals surface area contributed by atoms with Gasteiger partial charge in [0, 0.05) is 19.0 Å². The van der Waals surface area contributed by atoms with Gasteiger partial charge < -0.3 is 5.73 Å². The van der Waals surface area contributed by atoms with Crippen LogP contribution in [0.5, 0.6) is 0 Å². The highest BCUT2D eigenvalue weighted by Gasteiger charge is 2.03. The first kappa shape index (κ1) is 12.8. The van der Waals surface area contributed by atoms with Gasteiger partial charge in [0.25, 0.3) is 0 Å². The van der Waals surface area contributed by atoms with Crippen LogP contribution in [-0.4, -0.2) is 0 Å². The molecule has 0 amide bonds. The summed E-state index contributed by atoms with van der Waals surface area (Å²) in [4.78, 5) is 2.52. The summed E-state index contributed by atoms with van der Waals surface area (Å²) in [5.41, 5.74) is 7.87. The van der Waals surface area contributed by atoms with Crippen molar-refractivity contribution in [3.8, 4) is 0 Å². The Bertz CT molecular complexity index is 508. The fourth-order valence-corrected chi connectivity index (χ4v) is 3.24. The first-order chi connectivity index (χ1) is 8.19. The van der Waals surface area contributed by atoms with Crippen LogP contribution in [0.4, 0.5) is 5.69 Å². The minimum absolute atomic E-state index is 0.811. The zero-order valence-corrected chi connectivity index (χ0v) is 12.6. The number of anilines is 1. The van der Waals surface area contributed by atoms with Crippen molar-refractivity contribution in [2.75, 3.05) is 5.73 Å². The second kappa shape index (κ2) is 5.78. The highest BCUT2D eigenvalue weighted by atomic mass is 127. The van der Waals surface area contributed by atoms with Gasteiger partial charge in [-0.15, -0.1) is 0 Å². The van der Waals surface area contributed by atoms with Gasteiger partial charge in [-0.3, -0.25) is 0 Å². The number of benzene rings is 2. The molecule has 0 aliphatic carbocycles. The highest BCUT2D eigenvalue weighted by molar-refractivity contribution is 14.1. The third kappa shape index (κ3) is 3.39. The predicted octanol–water partition coefficient (Wildman–Crippen LogP) is 4.59. The third-order valence-corrected chi connectivity index (χ3v) is 4.85. The van der Waals surface area contributed by atoms with Crippen molar-refractivity contribution in [3.63, 3.8) is 0 Å². The Balaban J connectivity index is 2.21. The van der Waals surface area contributed by atoms with Gasteiger partial charge >= 0.3 is 0 Å². The molecule has 88 valence electrons. The maximum Gasteiger partial charge on any atom is 0.0314 e. The van der Waals surface area contributed by atoms with E-state index in [0.29, 0.717) is 0 Å². The summed E-state index contributed by atoms with van der Waals surface area (Å²) in [5, 5.41) is 0. The zero-order valence-electron chi connectivity index (χ0n) is 9.61. The van der Waals surface area contributed by atoms with Crippen molar-refractivity contribution in [3.05, 3.63) is 51.6 Å². The number of hydrogen-bond acceptors (Lipinski definition) is 2. The van der Waals surface area contributed by atoms with Gasteiger partial charge in [-0.2, -0.15) is 0 Å². The topological polar surface area (TPSA) is 26.0 Å². The first-order valence-electron chi connectivity index (χ1n) is 5.51. The maximum atomic E-state index is 5.68. The molecule has 0 spiro atoms. The fraction of sp³-hybridized carbons (Fsp3) is 0.143. The maximum absolute atomic E-state index is 5.68. The molecule has 2 aromatic carbocycles. The number of halogens is 1. The monoisotopic (exact) mass is 355 g/mol. The van der Waals surface area contributed by atoms with E-state index in [2.05, 4.69) is 59.8 Å². The summed E-state index contributed by atoms with van der Waals surface area (Å²) < 4.78 is 1.31. The van der Waals surface area contributed by atoms with Crippen molar-refractivity contribution in [2.24, 2.45) is 0 Å². The van der Waals surface area contributed by atoms with Crippen LogP contribution in [0.3, 0.4) is 0 Å². The Hall–Kier alpha value is -0.680. The average Bonchev–Trinajstić information content (AvgIpc) is 2.34. The Morgan fingerprint density at radius 3 is 2.41 bits per heavy atom. The van der Waals surface area contributed by atoms with E-state index in [1.54, 1.807) is 11.8 Å². The SMILES string of the molecule is CCc1ccc(Sc2ccc(N)cc2)c(I)c1. The van der Waals surface area contributed by atoms with Crippen molar-refractivity contribution in [2.45, 2.75) is 23.1 Å². The summed E-state index contributed by atoms with van der Waals surface area (Å²) in [6.45, 7) is 2.18. The molecule has 2 rings (SSSR count). The molecule has 0 radical (unpaired) electrons. The number of aryl methyl sites for hydroxylation is 1. The average molecular weight is 355 g/mol.